The molecule has 69 heavy (non-hydrogen) atoms. The van der Waals surface area contributed by atoms with Gasteiger partial charge in [-0.1, -0.05) is 146 Å². The lowest BCUT2D eigenvalue weighted by molar-refractivity contribution is 0.0511. The van der Waals surface area contributed by atoms with E-state index in [9.17, 15) is 9.59 Å². The molecule has 352 valence electrons. The standard InChI is InChI=1S/C56H58N8O4S/c1-8-21-49-58-50(38(3)69-44-34-35-47(57)48(36-44)62(7)54(66)68-55(4,5)6)51(53(65)67-9-2)63(49)37-39-30-32-40(33-31-39)45-28-19-20-29-46(45)52-59-60-61-64(52)56(41-22-13-10-14-23-41,42-24-15-11-16-25-42)43-26-17-12-18-27-43/h10-20,22-36,38H,8-9,21,37,57H2,1-7H3. The van der Waals surface area contributed by atoms with Crippen LogP contribution in [0.2, 0.25) is 0 Å². The fraction of sp³-hybridized carbons (Fsp3) is 0.250. The Hall–Kier alpha value is -7.51. The zero-order chi connectivity index (χ0) is 48.7. The number of ether oxygens (including phenoxy) is 2. The Balaban J connectivity index is 1.14. The molecule has 1 unspecified atom stereocenters. The molecular weight excluding hydrogens is 881 g/mol. The molecule has 2 heterocycles. The maximum atomic E-state index is 14.0. The SMILES string of the molecule is CCCc1nc(C(C)Sc2ccc(N)c(N(C)C(=O)OC(C)(C)C)c2)c(C(=O)OCC)n1Cc1ccc(-c2ccccc2-c2nnnn2C(c2ccccc2)(c2ccccc2)c2ccccc2)cc1. The number of esters is 1. The van der Waals surface area contributed by atoms with Crippen LogP contribution in [0.3, 0.4) is 0 Å². The highest BCUT2D eigenvalue weighted by molar-refractivity contribution is 7.99. The zero-order valence-electron chi connectivity index (χ0n) is 40.2. The van der Waals surface area contributed by atoms with E-state index in [0.29, 0.717) is 41.6 Å². The molecule has 6 aromatic carbocycles. The third-order valence-electron chi connectivity index (χ3n) is 11.9. The highest BCUT2D eigenvalue weighted by atomic mass is 32.2. The summed E-state index contributed by atoms with van der Waals surface area (Å²) in [6.07, 6.45) is 0.976. The highest BCUT2D eigenvalue weighted by Gasteiger charge is 2.42. The molecule has 0 aliphatic rings. The largest absolute Gasteiger partial charge is 0.461 e. The maximum absolute atomic E-state index is 14.0. The number of nitrogens with two attached hydrogens (primary N) is 1. The molecule has 8 rings (SSSR count). The van der Waals surface area contributed by atoms with Crippen molar-refractivity contribution in [3.63, 3.8) is 0 Å². The lowest BCUT2D eigenvalue weighted by atomic mass is 9.77. The summed E-state index contributed by atoms with van der Waals surface area (Å²) in [7, 11) is 1.64. The molecule has 1 amide bonds. The van der Waals surface area contributed by atoms with Gasteiger partial charge in [-0.25, -0.2) is 19.3 Å². The van der Waals surface area contributed by atoms with Crippen LogP contribution >= 0.6 is 11.8 Å². The number of thioether (sulfide) groups is 1. The number of carbonyl (C=O) groups excluding carboxylic acids is 2. The summed E-state index contributed by atoms with van der Waals surface area (Å²) in [4.78, 5) is 34.4. The van der Waals surface area contributed by atoms with Crippen molar-refractivity contribution in [1.29, 1.82) is 0 Å². The van der Waals surface area contributed by atoms with Crippen LogP contribution in [0.4, 0.5) is 16.2 Å². The molecule has 2 N–H and O–H groups in total. The van der Waals surface area contributed by atoms with E-state index in [4.69, 9.17) is 30.5 Å². The van der Waals surface area contributed by atoms with Gasteiger partial charge in [-0.2, -0.15) is 0 Å². The number of hydrogen-bond donors (Lipinski definition) is 1. The molecule has 1 atom stereocenters. The Bertz CT molecular complexity index is 2930. The number of aryl methyl sites for hydroxylation is 1. The van der Waals surface area contributed by atoms with Crippen molar-refractivity contribution in [3.05, 3.63) is 197 Å². The second kappa shape index (κ2) is 20.8. The Kier molecular flexibility index (Phi) is 14.4. The van der Waals surface area contributed by atoms with E-state index >= 15 is 0 Å². The van der Waals surface area contributed by atoms with Crippen LogP contribution < -0.4 is 10.6 Å². The monoisotopic (exact) mass is 938 g/mol. The first kappa shape index (κ1) is 48.0. The van der Waals surface area contributed by atoms with Crippen LogP contribution in [0, 0.1) is 0 Å². The number of nitrogens with zero attached hydrogens (tertiary/aromatic N) is 7. The van der Waals surface area contributed by atoms with Crippen LogP contribution in [-0.2, 0) is 28.0 Å². The van der Waals surface area contributed by atoms with Crippen molar-refractivity contribution in [3.8, 4) is 22.5 Å². The van der Waals surface area contributed by atoms with Crippen molar-refractivity contribution in [2.45, 2.75) is 82.2 Å². The van der Waals surface area contributed by atoms with Crippen molar-refractivity contribution >= 4 is 35.2 Å². The first-order valence-electron chi connectivity index (χ1n) is 23.3. The van der Waals surface area contributed by atoms with Crippen LogP contribution in [-0.4, -0.2) is 61.1 Å². The number of amides is 1. The minimum Gasteiger partial charge on any atom is -0.461 e. The summed E-state index contributed by atoms with van der Waals surface area (Å²) >= 11 is 1.52. The van der Waals surface area contributed by atoms with E-state index < -0.39 is 23.2 Å². The third kappa shape index (κ3) is 10.1. The normalized spacial score (nSPS) is 12.1. The third-order valence-corrected chi connectivity index (χ3v) is 13.0. The maximum Gasteiger partial charge on any atom is 0.414 e. The molecule has 0 fully saturated rings. The molecular formula is C56H58N8O4S. The smallest absolute Gasteiger partial charge is 0.414 e. The van der Waals surface area contributed by atoms with Crippen molar-refractivity contribution in [2.24, 2.45) is 0 Å². The number of hydrogen-bond acceptors (Lipinski definition) is 10. The Labute approximate surface area is 408 Å². The minimum atomic E-state index is -0.914. The zero-order valence-corrected chi connectivity index (χ0v) is 41.0. The molecule has 0 saturated carbocycles. The van der Waals surface area contributed by atoms with Gasteiger partial charge in [0.1, 0.15) is 17.0 Å². The number of carbonyl (C=O) groups is 2. The average Bonchev–Trinajstić information content (AvgIpc) is 3.99. The van der Waals surface area contributed by atoms with E-state index in [0.717, 1.165) is 56.1 Å². The number of tetrazole rings is 1. The number of benzene rings is 6. The number of imidazole rings is 1. The number of anilines is 2. The van der Waals surface area contributed by atoms with Gasteiger partial charge in [-0.15, -0.1) is 16.9 Å². The van der Waals surface area contributed by atoms with Gasteiger partial charge in [0.15, 0.2) is 11.5 Å². The van der Waals surface area contributed by atoms with E-state index in [1.54, 1.807) is 20.0 Å². The topological polar surface area (TPSA) is 143 Å². The summed E-state index contributed by atoms with van der Waals surface area (Å²) in [5, 5.41) is 13.6. The molecule has 8 aromatic rings. The number of rotatable bonds is 16. The summed E-state index contributed by atoms with van der Waals surface area (Å²) in [6.45, 7) is 12.0. The second-order valence-electron chi connectivity index (χ2n) is 17.8. The van der Waals surface area contributed by atoms with Crippen LogP contribution in [0.15, 0.2) is 163 Å². The average molecular weight is 939 g/mol. The number of nitrogen functional groups attached to an aromatic ring is 1. The van der Waals surface area contributed by atoms with Crippen LogP contribution in [0.5, 0.6) is 0 Å². The van der Waals surface area contributed by atoms with Gasteiger partial charge >= 0.3 is 12.1 Å². The first-order valence-corrected chi connectivity index (χ1v) is 24.1. The Morgan fingerprint density at radius 2 is 1.35 bits per heavy atom. The molecule has 13 heteroatoms. The molecule has 0 aliphatic heterocycles. The molecule has 12 nitrogen and oxygen atoms in total. The predicted molar refractivity (Wildman–Crippen MR) is 274 cm³/mol. The predicted octanol–water partition coefficient (Wildman–Crippen LogP) is 12.0. The van der Waals surface area contributed by atoms with Gasteiger partial charge in [0.25, 0.3) is 0 Å². The molecule has 0 bridgehead atoms. The molecule has 2 aromatic heterocycles. The molecule has 0 radical (unpaired) electrons. The summed E-state index contributed by atoms with van der Waals surface area (Å²) in [6, 6.07) is 53.3. The fourth-order valence-electron chi connectivity index (χ4n) is 8.77. The second-order valence-corrected chi connectivity index (χ2v) is 19.2. The van der Waals surface area contributed by atoms with E-state index in [2.05, 4.69) is 84.9 Å². The molecule has 0 spiro atoms. The summed E-state index contributed by atoms with van der Waals surface area (Å²) < 4.78 is 15.3. The number of aromatic nitrogens is 6. The van der Waals surface area contributed by atoms with E-state index in [1.165, 1.54) is 16.7 Å². The quantitative estimate of drug-likeness (QED) is 0.0430. The highest BCUT2D eigenvalue weighted by Crippen LogP contribution is 2.44. The van der Waals surface area contributed by atoms with Gasteiger partial charge in [0, 0.05) is 30.5 Å². The van der Waals surface area contributed by atoms with Crippen LogP contribution in [0.25, 0.3) is 22.5 Å². The molecule has 0 saturated heterocycles. The lowest BCUT2D eigenvalue weighted by Crippen LogP contribution is -2.39. The van der Waals surface area contributed by atoms with Gasteiger partial charge in [0.05, 0.1) is 28.9 Å². The Morgan fingerprint density at radius 1 is 0.768 bits per heavy atom. The first-order chi connectivity index (χ1) is 33.3. The van der Waals surface area contributed by atoms with E-state index in [-0.39, 0.29) is 11.9 Å². The van der Waals surface area contributed by atoms with Crippen molar-refractivity contribution < 1.29 is 19.1 Å². The van der Waals surface area contributed by atoms with Gasteiger partial charge in [-0.05, 0) is 103 Å². The minimum absolute atomic E-state index is 0.215. The van der Waals surface area contributed by atoms with Gasteiger partial charge < -0.3 is 19.8 Å². The summed E-state index contributed by atoms with van der Waals surface area (Å²) in [5.74, 6) is 0.974. The van der Waals surface area contributed by atoms with E-state index in [1.807, 2.05) is 116 Å². The van der Waals surface area contributed by atoms with Gasteiger partial charge in [0.2, 0.25) is 0 Å². The molecule has 0 aliphatic carbocycles. The van der Waals surface area contributed by atoms with Crippen LogP contribution in [0.1, 0.15) is 97.5 Å². The lowest BCUT2D eigenvalue weighted by Gasteiger charge is -2.36. The van der Waals surface area contributed by atoms with Gasteiger partial charge in [-0.3, -0.25) is 4.90 Å². The Morgan fingerprint density at radius 3 is 1.91 bits per heavy atom. The summed E-state index contributed by atoms with van der Waals surface area (Å²) in [5.41, 5.74) is 13.6. The van der Waals surface area contributed by atoms with Crippen molar-refractivity contribution in [2.75, 3.05) is 24.3 Å². The fourth-order valence-corrected chi connectivity index (χ4v) is 9.78. The van der Waals surface area contributed by atoms with Crippen molar-refractivity contribution in [1.82, 2.24) is 29.8 Å².